The van der Waals surface area contributed by atoms with Gasteiger partial charge in [0.25, 0.3) is 0 Å². The van der Waals surface area contributed by atoms with E-state index < -0.39 is 23.4 Å². The Morgan fingerprint density at radius 1 is 0.786 bits per heavy atom. The maximum Gasteiger partial charge on any atom is 0.535 e. The van der Waals surface area contributed by atoms with Gasteiger partial charge < -0.3 is 14.2 Å². The Bertz CT molecular complexity index is 809. The number of rotatable bonds is 8. The summed E-state index contributed by atoms with van der Waals surface area (Å²) in [5.41, 5.74) is -0.217. The number of ether oxygens (including phenoxy) is 3. The van der Waals surface area contributed by atoms with Crippen molar-refractivity contribution in [3.63, 3.8) is 0 Å². The summed E-state index contributed by atoms with van der Waals surface area (Å²) >= 11 is 0. The van der Waals surface area contributed by atoms with Crippen LogP contribution in [0.3, 0.4) is 0 Å². The highest BCUT2D eigenvalue weighted by Gasteiger charge is 2.25. The van der Waals surface area contributed by atoms with Crippen LogP contribution >= 0.6 is 0 Å². The van der Waals surface area contributed by atoms with Crippen molar-refractivity contribution < 1.29 is 33.4 Å². The molecule has 0 radical (unpaired) electrons. The van der Waals surface area contributed by atoms with Crippen molar-refractivity contribution in [2.24, 2.45) is 5.16 Å². The largest absolute Gasteiger partial charge is 0.535 e. The van der Waals surface area contributed by atoms with Crippen LogP contribution in [0.25, 0.3) is 0 Å². The van der Waals surface area contributed by atoms with Gasteiger partial charge in [-0.05, 0) is 55.5 Å². The van der Waals surface area contributed by atoms with E-state index in [-0.39, 0.29) is 17.7 Å². The lowest BCUT2D eigenvalue weighted by molar-refractivity contribution is 0.0609. The molecule has 0 unspecified atom stereocenters. The zero-order valence-electron chi connectivity index (χ0n) is 15.6. The lowest BCUT2D eigenvalue weighted by Gasteiger charge is -2.07. The van der Waals surface area contributed by atoms with E-state index in [1.165, 1.54) is 38.5 Å². The second kappa shape index (κ2) is 9.86. The molecule has 0 aliphatic heterocycles. The summed E-state index contributed by atoms with van der Waals surface area (Å²) in [5, 5.41) is 3.46. The molecule has 0 amide bonds. The van der Waals surface area contributed by atoms with Gasteiger partial charge in [0.15, 0.2) is 5.71 Å². The monoisotopic (exact) mass is 385 g/mol. The molecule has 0 saturated heterocycles. The van der Waals surface area contributed by atoms with Crippen molar-refractivity contribution in [3.8, 4) is 11.5 Å². The summed E-state index contributed by atoms with van der Waals surface area (Å²) in [5.74, 6) is -0.348. The van der Waals surface area contributed by atoms with Gasteiger partial charge in [0.2, 0.25) is 11.6 Å². The van der Waals surface area contributed by atoms with E-state index in [2.05, 4.69) is 14.7 Å². The van der Waals surface area contributed by atoms with Crippen molar-refractivity contribution >= 4 is 23.4 Å². The molecule has 28 heavy (non-hydrogen) atoms. The predicted octanol–water partition coefficient (Wildman–Crippen LogP) is 3.30. The number of carbonyl (C=O) groups excluding carboxylic acids is 3. The van der Waals surface area contributed by atoms with Gasteiger partial charge in [-0.25, -0.2) is 4.79 Å². The number of benzene rings is 2. The first-order chi connectivity index (χ1) is 13.5. The lowest BCUT2D eigenvalue weighted by atomic mass is 9.99. The molecule has 0 N–H and O–H groups in total. The third-order valence-corrected chi connectivity index (χ3v) is 3.61. The highest BCUT2D eigenvalue weighted by Crippen LogP contribution is 2.16. The Morgan fingerprint density at radius 3 is 1.57 bits per heavy atom. The second-order valence-electron chi connectivity index (χ2n) is 5.33. The Morgan fingerprint density at radius 2 is 1.21 bits per heavy atom. The zero-order chi connectivity index (χ0) is 20.5. The molecule has 2 aromatic rings. The van der Waals surface area contributed by atoms with Gasteiger partial charge in [-0.15, -0.1) is 0 Å². The smallest absolute Gasteiger partial charge is 0.497 e. The second-order valence-corrected chi connectivity index (χ2v) is 5.33. The molecule has 2 rings (SSSR count). The van der Waals surface area contributed by atoms with Crippen LogP contribution in [0.2, 0.25) is 0 Å². The first kappa shape index (κ1) is 20.6. The minimum atomic E-state index is -1.12. The van der Waals surface area contributed by atoms with Crippen molar-refractivity contribution in [1.29, 1.82) is 0 Å². The summed E-state index contributed by atoms with van der Waals surface area (Å²) in [6.45, 7) is 1.64. The number of Topliss-reactive ketones (excluding diaryl/α,β-unsaturated/α-hetero) is 2. The van der Waals surface area contributed by atoms with Gasteiger partial charge in [0.1, 0.15) is 11.5 Å². The summed E-state index contributed by atoms with van der Waals surface area (Å²) < 4.78 is 14.7. The molecular formula is C20H19NO7. The van der Waals surface area contributed by atoms with E-state index in [1.807, 2.05) is 0 Å². The number of methoxy groups -OCH3 is 2. The third kappa shape index (κ3) is 5.16. The van der Waals surface area contributed by atoms with Crippen LogP contribution in [0.4, 0.5) is 4.79 Å². The topological polar surface area (TPSA) is 100 Å². The molecule has 0 atom stereocenters. The maximum atomic E-state index is 12.8. The average Bonchev–Trinajstić information content (AvgIpc) is 2.73. The summed E-state index contributed by atoms with van der Waals surface area (Å²) in [6, 6.07) is 12.2. The van der Waals surface area contributed by atoms with E-state index in [4.69, 9.17) is 9.47 Å². The fourth-order valence-electron chi connectivity index (χ4n) is 2.17. The first-order valence-corrected chi connectivity index (χ1v) is 8.29. The molecule has 0 aliphatic carbocycles. The first-order valence-electron chi connectivity index (χ1n) is 8.29. The number of oxime groups is 1. The Kier molecular flexibility index (Phi) is 7.27. The lowest BCUT2D eigenvalue weighted by Crippen LogP contribution is -2.25. The normalized spacial score (nSPS) is 9.82. The van der Waals surface area contributed by atoms with E-state index >= 15 is 0 Å². The number of hydrogen-bond acceptors (Lipinski definition) is 8. The minimum Gasteiger partial charge on any atom is -0.497 e. The van der Waals surface area contributed by atoms with Crippen molar-refractivity contribution in [3.05, 3.63) is 59.7 Å². The maximum absolute atomic E-state index is 12.8. The predicted molar refractivity (Wildman–Crippen MR) is 100 cm³/mol. The van der Waals surface area contributed by atoms with Gasteiger partial charge in [-0.3, -0.25) is 14.4 Å². The van der Waals surface area contributed by atoms with Crippen LogP contribution in [-0.4, -0.2) is 44.3 Å². The molecule has 0 aromatic heterocycles. The van der Waals surface area contributed by atoms with Gasteiger partial charge in [0.05, 0.1) is 20.8 Å². The van der Waals surface area contributed by atoms with Crippen molar-refractivity contribution in [2.45, 2.75) is 6.92 Å². The van der Waals surface area contributed by atoms with Gasteiger partial charge in [-0.1, -0.05) is 5.16 Å². The van der Waals surface area contributed by atoms with Crippen LogP contribution in [0, 0.1) is 0 Å². The molecule has 0 bridgehead atoms. The van der Waals surface area contributed by atoms with E-state index in [1.54, 1.807) is 31.2 Å². The number of carbonyl (C=O) groups is 3. The zero-order valence-corrected chi connectivity index (χ0v) is 15.6. The molecule has 2 aromatic carbocycles. The third-order valence-electron chi connectivity index (χ3n) is 3.61. The van der Waals surface area contributed by atoms with Crippen LogP contribution in [0.1, 0.15) is 27.6 Å². The van der Waals surface area contributed by atoms with E-state index in [9.17, 15) is 14.4 Å². The van der Waals surface area contributed by atoms with Crippen LogP contribution < -0.4 is 9.47 Å². The number of hydrogen-bond donors (Lipinski definition) is 0. The Balaban J connectivity index is 2.36. The quantitative estimate of drug-likeness (QED) is 0.172. The molecular weight excluding hydrogens is 366 g/mol. The molecule has 0 aliphatic rings. The highest BCUT2D eigenvalue weighted by atomic mass is 16.8. The summed E-state index contributed by atoms with van der Waals surface area (Å²) in [4.78, 5) is 41.6. The van der Waals surface area contributed by atoms with Gasteiger partial charge >= 0.3 is 6.16 Å². The Hall–Kier alpha value is -3.68. The summed E-state index contributed by atoms with van der Waals surface area (Å²) in [6.07, 6.45) is -1.12. The van der Waals surface area contributed by atoms with Crippen molar-refractivity contribution in [1.82, 2.24) is 0 Å². The average molecular weight is 385 g/mol. The molecule has 146 valence electrons. The fourth-order valence-corrected chi connectivity index (χ4v) is 2.17. The van der Waals surface area contributed by atoms with Gasteiger partial charge in [-0.2, -0.15) is 0 Å². The standard InChI is InChI=1S/C20H19NO7/c1-4-27-20(24)28-21-17(18(22)13-5-9-15(25-2)10-6-13)19(23)14-7-11-16(26-3)12-8-14/h5-12H,4H2,1-3H3. The van der Waals surface area contributed by atoms with Crippen LogP contribution in [0.15, 0.2) is 53.7 Å². The molecule has 0 spiro atoms. The molecule has 0 heterocycles. The van der Waals surface area contributed by atoms with Crippen LogP contribution in [-0.2, 0) is 9.57 Å². The summed E-state index contributed by atoms with van der Waals surface area (Å²) in [7, 11) is 2.98. The van der Waals surface area contributed by atoms with Crippen molar-refractivity contribution in [2.75, 3.05) is 20.8 Å². The highest BCUT2D eigenvalue weighted by molar-refractivity contribution is 6.71. The van der Waals surface area contributed by atoms with Gasteiger partial charge in [0, 0.05) is 11.1 Å². The number of nitrogens with zero attached hydrogens (tertiary/aromatic N) is 1. The Labute approximate surface area is 161 Å². The van der Waals surface area contributed by atoms with E-state index in [0.29, 0.717) is 11.5 Å². The molecule has 8 nitrogen and oxygen atoms in total. The van der Waals surface area contributed by atoms with Crippen LogP contribution in [0.5, 0.6) is 11.5 Å². The van der Waals surface area contributed by atoms with E-state index in [0.717, 1.165) is 0 Å². The minimum absolute atomic E-state index is 0.0581. The number of ketones is 2. The molecule has 0 fully saturated rings. The molecule has 8 heteroatoms. The SMILES string of the molecule is CCOC(=O)ON=C(C(=O)c1ccc(OC)cc1)C(=O)c1ccc(OC)cc1. The molecule has 0 saturated carbocycles. The fraction of sp³-hybridized carbons (Fsp3) is 0.200.